The predicted molar refractivity (Wildman–Crippen MR) is 82.5 cm³/mol. The number of hydrogen-bond donors (Lipinski definition) is 1. The number of rotatable bonds is 6. The third-order valence-electron chi connectivity index (χ3n) is 3.62. The zero-order valence-corrected chi connectivity index (χ0v) is 12.6. The van der Waals surface area contributed by atoms with E-state index in [1.54, 1.807) is 12.1 Å². The molecule has 0 saturated carbocycles. The van der Waals surface area contributed by atoms with Gasteiger partial charge in [0.25, 0.3) is 0 Å². The van der Waals surface area contributed by atoms with Gasteiger partial charge in [-0.3, -0.25) is 0 Å². The first-order chi connectivity index (χ1) is 9.24. The van der Waals surface area contributed by atoms with Crippen molar-refractivity contribution in [3.8, 4) is 0 Å². The van der Waals surface area contributed by atoms with Crippen molar-refractivity contribution in [1.29, 1.82) is 0 Å². The van der Waals surface area contributed by atoms with Crippen LogP contribution in [0.5, 0.6) is 0 Å². The largest absolute Gasteiger partial charge is 0.368 e. The summed E-state index contributed by atoms with van der Waals surface area (Å²) in [7, 11) is 2.03. The second kappa shape index (κ2) is 7.15. The van der Waals surface area contributed by atoms with Gasteiger partial charge < -0.3 is 10.2 Å². The third-order valence-corrected chi connectivity index (χ3v) is 4.76. The molecule has 0 spiro atoms. The van der Waals surface area contributed by atoms with Crippen molar-refractivity contribution < 1.29 is 4.39 Å². The first-order valence-corrected chi connectivity index (χ1v) is 8.18. The van der Waals surface area contributed by atoms with Crippen molar-refractivity contribution in [1.82, 2.24) is 5.32 Å². The topological polar surface area (TPSA) is 15.3 Å². The number of benzene rings is 1. The Bertz CT molecular complexity index is 405. The first kappa shape index (κ1) is 14.7. The van der Waals surface area contributed by atoms with E-state index >= 15 is 0 Å². The minimum absolute atomic E-state index is 0.102. The van der Waals surface area contributed by atoms with Crippen molar-refractivity contribution in [3.05, 3.63) is 29.6 Å². The summed E-state index contributed by atoms with van der Waals surface area (Å²) in [6, 6.07) is 5.86. The molecule has 106 valence electrons. The summed E-state index contributed by atoms with van der Waals surface area (Å²) >= 11 is 1.96. The maximum absolute atomic E-state index is 14.2. The van der Waals surface area contributed by atoms with Gasteiger partial charge in [0.2, 0.25) is 0 Å². The highest BCUT2D eigenvalue weighted by atomic mass is 32.2. The van der Waals surface area contributed by atoms with E-state index in [0.29, 0.717) is 6.04 Å². The number of hydrogen-bond acceptors (Lipinski definition) is 3. The molecule has 1 atom stereocenters. The van der Waals surface area contributed by atoms with E-state index in [1.165, 1.54) is 5.75 Å². The van der Waals surface area contributed by atoms with Crippen LogP contribution in [-0.2, 0) is 6.54 Å². The van der Waals surface area contributed by atoms with E-state index in [-0.39, 0.29) is 5.82 Å². The molecule has 1 unspecified atom stereocenters. The summed E-state index contributed by atoms with van der Waals surface area (Å²) in [5.41, 5.74) is 1.84. The zero-order chi connectivity index (χ0) is 13.7. The lowest BCUT2D eigenvalue weighted by Crippen LogP contribution is -2.33. The van der Waals surface area contributed by atoms with Gasteiger partial charge in [0.05, 0.1) is 5.69 Å². The Morgan fingerprint density at radius 1 is 1.47 bits per heavy atom. The molecule has 1 aromatic rings. The highest BCUT2D eigenvalue weighted by Gasteiger charge is 2.23. The smallest absolute Gasteiger partial charge is 0.146 e. The first-order valence-electron chi connectivity index (χ1n) is 7.02. The SMILES string of the molecule is CCCNCc1cccc(F)c1N(C)C1CCSC1. The summed E-state index contributed by atoms with van der Waals surface area (Å²) in [6.07, 6.45) is 2.25. The van der Waals surface area contributed by atoms with Crippen LogP contribution in [0, 0.1) is 5.82 Å². The molecule has 4 heteroatoms. The molecular formula is C15H23FN2S. The Morgan fingerprint density at radius 2 is 2.32 bits per heavy atom. The zero-order valence-electron chi connectivity index (χ0n) is 11.8. The Hall–Kier alpha value is -0.740. The molecule has 1 fully saturated rings. The lowest BCUT2D eigenvalue weighted by molar-refractivity contribution is 0.598. The molecule has 0 radical (unpaired) electrons. The van der Waals surface area contributed by atoms with E-state index in [2.05, 4.69) is 17.1 Å². The van der Waals surface area contributed by atoms with Crippen molar-refractivity contribution >= 4 is 17.4 Å². The number of anilines is 1. The second-order valence-electron chi connectivity index (χ2n) is 5.05. The number of thioether (sulfide) groups is 1. The maximum Gasteiger partial charge on any atom is 0.146 e. The average Bonchev–Trinajstić information content (AvgIpc) is 2.92. The van der Waals surface area contributed by atoms with Crippen molar-refractivity contribution in [2.45, 2.75) is 32.4 Å². The Kier molecular flexibility index (Phi) is 5.52. The molecule has 0 aliphatic carbocycles. The number of para-hydroxylation sites is 1. The van der Waals surface area contributed by atoms with E-state index in [4.69, 9.17) is 0 Å². The van der Waals surface area contributed by atoms with Crippen molar-refractivity contribution in [2.24, 2.45) is 0 Å². The summed E-state index contributed by atoms with van der Waals surface area (Å²) in [6.45, 7) is 3.85. The molecule has 0 aromatic heterocycles. The maximum atomic E-state index is 14.2. The number of halogens is 1. The average molecular weight is 282 g/mol. The van der Waals surface area contributed by atoms with E-state index in [1.807, 2.05) is 24.9 Å². The molecule has 2 rings (SSSR count). The van der Waals surface area contributed by atoms with Gasteiger partial charge in [-0.25, -0.2) is 4.39 Å². The molecule has 1 heterocycles. The minimum Gasteiger partial charge on any atom is -0.368 e. The van der Waals surface area contributed by atoms with Crippen LogP contribution in [0.1, 0.15) is 25.3 Å². The van der Waals surface area contributed by atoms with Gasteiger partial charge in [-0.1, -0.05) is 19.1 Å². The summed E-state index contributed by atoms with van der Waals surface area (Å²) in [5, 5.41) is 3.37. The van der Waals surface area contributed by atoms with Gasteiger partial charge in [0.1, 0.15) is 5.82 Å². The standard InChI is InChI=1S/C15H23FN2S/c1-3-8-17-10-12-5-4-6-14(16)15(12)18(2)13-7-9-19-11-13/h4-6,13,17H,3,7-11H2,1-2H3. The molecule has 1 saturated heterocycles. The summed E-state index contributed by atoms with van der Waals surface area (Å²) in [5.74, 6) is 2.19. The van der Waals surface area contributed by atoms with Crippen LogP contribution in [0.3, 0.4) is 0 Å². The van der Waals surface area contributed by atoms with Crippen LogP contribution >= 0.6 is 11.8 Å². The molecule has 0 bridgehead atoms. The molecular weight excluding hydrogens is 259 g/mol. The second-order valence-corrected chi connectivity index (χ2v) is 6.20. The van der Waals surface area contributed by atoms with Crippen LogP contribution in [0.25, 0.3) is 0 Å². The Morgan fingerprint density at radius 3 is 3.00 bits per heavy atom. The van der Waals surface area contributed by atoms with Crippen molar-refractivity contribution in [3.63, 3.8) is 0 Å². The molecule has 1 aliphatic rings. The van der Waals surface area contributed by atoms with Gasteiger partial charge in [0.15, 0.2) is 0 Å². The van der Waals surface area contributed by atoms with Crippen LogP contribution in [0.4, 0.5) is 10.1 Å². The third kappa shape index (κ3) is 3.63. The van der Waals surface area contributed by atoms with E-state index < -0.39 is 0 Å². The quantitative estimate of drug-likeness (QED) is 0.806. The minimum atomic E-state index is -0.102. The molecule has 19 heavy (non-hydrogen) atoms. The van der Waals surface area contributed by atoms with E-state index in [0.717, 1.165) is 42.9 Å². The van der Waals surface area contributed by atoms with Gasteiger partial charge in [0, 0.05) is 25.4 Å². The lowest BCUT2D eigenvalue weighted by Gasteiger charge is -2.28. The number of nitrogens with one attached hydrogen (secondary N) is 1. The fraction of sp³-hybridized carbons (Fsp3) is 0.600. The van der Waals surface area contributed by atoms with Crippen molar-refractivity contribution in [2.75, 3.05) is 30.0 Å². The monoisotopic (exact) mass is 282 g/mol. The van der Waals surface area contributed by atoms with Gasteiger partial charge >= 0.3 is 0 Å². The lowest BCUT2D eigenvalue weighted by atomic mass is 10.1. The summed E-state index contributed by atoms with van der Waals surface area (Å²) in [4.78, 5) is 2.14. The summed E-state index contributed by atoms with van der Waals surface area (Å²) < 4.78 is 14.2. The molecule has 1 N–H and O–H groups in total. The molecule has 2 nitrogen and oxygen atoms in total. The van der Waals surface area contributed by atoms with Gasteiger partial charge in [-0.05, 0) is 36.8 Å². The highest BCUT2D eigenvalue weighted by molar-refractivity contribution is 7.99. The molecule has 1 aromatic carbocycles. The normalized spacial score (nSPS) is 18.8. The fourth-order valence-electron chi connectivity index (χ4n) is 2.51. The van der Waals surface area contributed by atoms with Gasteiger partial charge in [-0.15, -0.1) is 0 Å². The highest BCUT2D eigenvalue weighted by Crippen LogP contribution is 2.30. The van der Waals surface area contributed by atoms with E-state index in [9.17, 15) is 4.39 Å². The van der Waals surface area contributed by atoms with Crippen LogP contribution in [0.15, 0.2) is 18.2 Å². The van der Waals surface area contributed by atoms with Crippen LogP contribution in [0.2, 0.25) is 0 Å². The van der Waals surface area contributed by atoms with Gasteiger partial charge in [-0.2, -0.15) is 11.8 Å². The molecule has 0 amide bonds. The van der Waals surface area contributed by atoms with Crippen LogP contribution < -0.4 is 10.2 Å². The fourth-order valence-corrected chi connectivity index (χ4v) is 3.78. The van der Waals surface area contributed by atoms with Crippen LogP contribution in [-0.4, -0.2) is 31.1 Å². The molecule has 1 aliphatic heterocycles. The number of nitrogens with zero attached hydrogens (tertiary/aromatic N) is 1. The Balaban J connectivity index is 2.16. The Labute approximate surface area is 119 Å². The predicted octanol–water partition coefficient (Wildman–Crippen LogP) is 3.27.